The summed E-state index contributed by atoms with van der Waals surface area (Å²) in [5.74, 6) is -0.145. The minimum atomic E-state index is -0.364. The zero-order chi connectivity index (χ0) is 19.2. The Labute approximate surface area is 162 Å². The Bertz CT molecular complexity index is 1050. The first-order valence-electron chi connectivity index (χ1n) is 8.89. The minimum Gasteiger partial charge on any atom is -0.298 e. The van der Waals surface area contributed by atoms with Gasteiger partial charge in [-0.1, -0.05) is 75.0 Å². The van der Waals surface area contributed by atoms with Gasteiger partial charge in [-0.25, -0.2) is 5.01 Å². The Morgan fingerprint density at radius 2 is 1.78 bits per heavy atom. The molecule has 6 heteroatoms. The van der Waals surface area contributed by atoms with Gasteiger partial charge in [0.25, 0.3) is 5.91 Å². The van der Waals surface area contributed by atoms with Gasteiger partial charge in [-0.05, 0) is 28.9 Å². The lowest BCUT2D eigenvalue weighted by molar-refractivity contribution is -0.116. The summed E-state index contributed by atoms with van der Waals surface area (Å²) >= 11 is 1.41. The normalized spacial score (nSPS) is 18.9. The van der Waals surface area contributed by atoms with Crippen molar-refractivity contribution in [1.82, 2.24) is 10.3 Å². The number of hydrazone groups is 1. The van der Waals surface area contributed by atoms with Crippen molar-refractivity contribution in [2.45, 2.75) is 32.4 Å². The van der Waals surface area contributed by atoms with Gasteiger partial charge < -0.3 is 0 Å². The van der Waals surface area contributed by atoms with E-state index in [2.05, 4.69) is 55.5 Å². The van der Waals surface area contributed by atoms with Crippen LogP contribution in [0.25, 0.3) is 5.70 Å². The van der Waals surface area contributed by atoms with E-state index in [1.807, 2.05) is 30.5 Å². The van der Waals surface area contributed by atoms with Crippen LogP contribution < -0.4 is 15.9 Å². The van der Waals surface area contributed by atoms with Gasteiger partial charge in [0.15, 0.2) is 11.3 Å². The molecule has 2 aromatic rings. The molecule has 0 aromatic heterocycles. The first-order chi connectivity index (χ1) is 12.9. The van der Waals surface area contributed by atoms with Crippen LogP contribution in [0.15, 0.2) is 58.6 Å². The Kier molecular flexibility index (Phi) is 4.30. The number of hydrogen-bond donors (Lipinski definition) is 1. The standard InChI is InChI=1S/C21H22N4OS/c1-21(2,3)14-11-9-13(10-12-14)18-22-16-8-6-5-7-15(16)17-19(26)23-20(27-4)24-25(17)18/h5-12,18H,1-4H3,(H,23,24,26). The Morgan fingerprint density at radius 3 is 2.44 bits per heavy atom. The van der Waals surface area contributed by atoms with Gasteiger partial charge in [-0.15, -0.1) is 5.10 Å². The molecule has 2 aromatic carbocycles. The Morgan fingerprint density at radius 1 is 1.07 bits per heavy atom. The van der Waals surface area contributed by atoms with Crippen molar-refractivity contribution in [3.63, 3.8) is 0 Å². The molecule has 2 heterocycles. The summed E-state index contributed by atoms with van der Waals surface area (Å²) in [5, 5.41) is 11.5. The van der Waals surface area contributed by atoms with E-state index in [0.717, 1.165) is 16.1 Å². The number of para-hydroxylation sites is 1. The number of carbonyl (C=O) groups excluding carboxylic acids is 1. The molecule has 1 amide bonds. The first kappa shape index (κ1) is 17.8. The number of rotatable bonds is 1. The molecule has 0 saturated carbocycles. The van der Waals surface area contributed by atoms with Gasteiger partial charge in [0.05, 0.1) is 5.36 Å². The van der Waals surface area contributed by atoms with E-state index in [4.69, 9.17) is 4.99 Å². The van der Waals surface area contributed by atoms with Crippen LogP contribution in [0.1, 0.15) is 38.1 Å². The second-order valence-electron chi connectivity index (χ2n) is 7.65. The third-order valence-electron chi connectivity index (χ3n) is 4.78. The lowest BCUT2D eigenvalue weighted by Crippen LogP contribution is -2.50. The molecule has 0 bridgehead atoms. The first-order valence-corrected chi connectivity index (χ1v) is 10.1. The van der Waals surface area contributed by atoms with Gasteiger partial charge in [0.1, 0.15) is 5.70 Å². The number of hydrogen-bond acceptors (Lipinski definition) is 5. The average Bonchev–Trinajstić information content (AvgIpc) is 2.66. The molecule has 1 N–H and O–H groups in total. The monoisotopic (exact) mass is 378 g/mol. The van der Waals surface area contributed by atoms with Crippen LogP contribution >= 0.6 is 11.8 Å². The number of amidine groups is 1. The van der Waals surface area contributed by atoms with Gasteiger partial charge in [-0.3, -0.25) is 15.1 Å². The summed E-state index contributed by atoms with van der Waals surface area (Å²) in [6.45, 7) is 6.58. The molecular formula is C21H22N4OS. The van der Waals surface area contributed by atoms with Crippen LogP contribution in [0, 0.1) is 0 Å². The summed E-state index contributed by atoms with van der Waals surface area (Å²) < 4.78 is 0. The van der Waals surface area contributed by atoms with Crippen molar-refractivity contribution in [2.75, 3.05) is 6.26 Å². The Hall–Kier alpha value is -2.60. The zero-order valence-corrected chi connectivity index (χ0v) is 16.7. The predicted molar refractivity (Wildman–Crippen MR) is 109 cm³/mol. The van der Waals surface area contributed by atoms with Crippen LogP contribution in [-0.2, 0) is 10.2 Å². The second kappa shape index (κ2) is 6.53. The average molecular weight is 379 g/mol. The SMILES string of the molecule is CSC1=NN2C(=c3ccccc3=NC2c2ccc(C(C)(C)C)cc2)C(=O)N1. The van der Waals surface area contributed by atoms with E-state index in [-0.39, 0.29) is 17.5 Å². The van der Waals surface area contributed by atoms with Crippen LogP contribution in [0.2, 0.25) is 0 Å². The fourth-order valence-electron chi connectivity index (χ4n) is 3.29. The van der Waals surface area contributed by atoms with Crippen molar-refractivity contribution >= 4 is 28.5 Å². The highest BCUT2D eigenvalue weighted by Crippen LogP contribution is 2.32. The number of carbonyl (C=O) groups is 1. The minimum absolute atomic E-state index is 0.0846. The van der Waals surface area contributed by atoms with Crippen molar-refractivity contribution in [3.05, 3.63) is 70.2 Å². The van der Waals surface area contributed by atoms with Crippen molar-refractivity contribution in [3.8, 4) is 0 Å². The summed E-state index contributed by atoms with van der Waals surface area (Å²) in [6.07, 6.45) is 1.53. The maximum absolute atomic E-state index is 12.8. The van der Waals surface area contributed by atoms with Crippen molar-refractivity contribution in [2.24, 2.45) is 10.1 Å². The van der Waals surface area contributed by atoms with E-state index < -0.39 is 0 Å². The Balaban J connectivity index is 1.89. The third-order valence-corrected chi connectivity index (χ3v) is 5.35. The molecule has 0 saturated heterocycles. The summed E-state index contributed by atoms with van der Waals surface area (Å²) in [4.78, 5) is 17.7. The van der Waals surface area contributed by atoms with E-state index in [0.29, 0.717) is 10.9 Å². The molecular weight excluding hydrogens is 356 g/mol. The highest BCUT2D eigenvalue weighted by molar-refractivity contribution is 8.13. The zero-order valence-electron chi connectivity index (χ0n) is 15.9. The van der Waals surface area contributed by atoms with Crippen molar-refractivity contribution < 1.29 is 4.79 Å². The fourth-order valence-corrected chi connectivity index (χ4v) is 3.66. The molecule has 2 aliphatic rings. The summed E-state index contributed by atoms with van der Waals surface area (Å²) in [6, 6.07) is 16.1. The van der Waals surface area contributed by atoms with Gasteiger partial charge in [0, 0.05) is 5.22 Å². The number of nitrogens with one attached hydrogen (secondary N) is 1. The molecule has 5 nitrogen and oxygen atoms in total. The van der Waals surface area contributed by atoms with Crippen LogP contribution in [0.4, 0.5) is 0 Å². The largest absolute Gasteiger partial charge is 0.298 e. The molecule has 2 aliphatic heterocycles. The molecule has 0 aliphatic carbocycles. The topological polar surface area (TPSA) is 57.1 Å². The van der Waals surface area contributed by atoms with E-state index in [1.54, 1.807) is 5.01 Å². The molecule has 0 fully saturated rings. The number of benzene rings is 2. The molecule has 1 atom stereocenters. The number of nitrogens with zero attached hydrogens (tertiary/aromatic N) is 3. The van der Waals surface area contributed by atoms with Crippen LogP contribution in [0.5, 0.6) is 0 Å². The van der Waals surface area contributed by atoms with Crippen LogP contribution in [0.3, 0.4) is 0 Å². The maximum Gasteiger partial charge on any atom is 0.276 e. The third kappa shape index (κ3) is 3.14. The number of thioether (sulfide) groups is 1. The van der Waals surface area contributed by atoms with E-state index in [9.17, 15) is 4.79 Å². The second-order valence-corrected chi connectivity index (χ2v) is 8.44. The molecule has 27 heavy (non-hydrogen) atoms. The number of amides is 1. The fraction of sp³-hybridized carbons (Fsp3) is 0.286. The smallest absolute Gasteiger partial charge is 0.276 e. The lowest BCUT2D eigenvalue weighted by Gasteiger charge is -2.34. The van der Waals surface area contributed by atoms with Gasteiger partial charge in [-0.2, -0.15) is 0 Å². The summed E-state index contributed by atoms with van der Waals surface area (Å²) in [5.41, 5.74) is 2.90. The molecule has 138 valence electrons. The van der Waals surface area contributed by atoms with Gasteiger partial charge in [0.2, 0.25) is 0 Å². The number of fused-ring (bicyclic) bond motifs is 2. The quantitative estimate of drug-likeness (QED) is 0.829. The maximum atomic E-state index is 12.8. The predicted octanol–water partition coefficient (Wildman–Crippen LogP) is 2.49. The van der Waals surface area contributed by atoms with E-state index >= 15 is 0 Å². The lowest BCUT2D eigenvalue weighted by atomic mass is 9.86. The van der Waals surface area contributed by atoms with Crippen molar-refractivity contribution in [1.29, 1.82) is 0 Å². The highest BCUT2D eigenvalue weighted by Gasteiger charge is 2.34. The molecule has 1 unspecified atom stereocenters. The summed E-state index contributed by atoms with van der Waals surface area (Å²) in [7, 11) is 0. The van der Waals surface area contributed by atoms with Gasteiger partial charge >= 0.3 is 0 Å². The molecule has 0 radical (unpaired) electrons. The molecule has 0 spiro atoms. The van der Waals surface area contributed by atoms with E-state index in [1.165, 1.54) is 17.3 Å². The molecule has 4 rings (SSSR count). The highest BCUT2D eigenvalue weighted by atomic mass is 32.2. The van der Waals surface area contributed by atoms with Crippen LogP contribution in [-0.4, -0.2) is 22.3 Å².